The number of fused-ring (bicyclic) bond motifs is 3. The van der Waals surface area contributed by atoms with Gasteiger partial charge in [0.15, 0.2) is 0 Å². The molecular formula is C21H15ClN6OS. The van der Waals surface area contributed by atoms with Gasteiger partial charge in [0.05, 0.1) is 39.5 Å². The molecule has 148 valence electrons. The molecule has 0 saturated heterocycles. The number of pyridine rings is 1. The highest BCUT2D eigenvalue weighted by Crippen LogP contribution is 2.38. The summed E-state index contributed by atoms with van der Waals surface area (Å²) in [6.45, 7) is 0.562. The molecule has 6 rings (SSSR count). The number of aromatic amines is 1. The number of amides is 1. The lowest BCUT2D eigenvalue weighted by atomic mass is 10.0. The third kappa shape index (κ3) is 2.64. The number of para-hydroxylation sites is 1. The summed E-state index contributed by atoms with van der Waals surface area (Å²) in [7, 11) is 0. The molecule has 4 aromatic heterocycles. The number of nitrogens with one attached hydrogen (secondary N) is 1. The zero-order valence-electron chi connectivity index (χ0n) is 15.6. The average molecular weight is 435 g/mol. The number of imidazole rings is 1. The van der Waals surface area contributed by atoms with Gasteiger partial charge in [0.2, 0.25) is 0 Å². The number of hydrogen-bond acceptors (Lipinski definition) is 5. The van der Waals surface area contributed by atoms with E-state index in [0.29, 0.717) is 29.1 Å². The number of rotatable bonds is 2. The molecule has 9 heteroatoms. The number of carbonyl (C=O) groups excluding carboxylic acids is 1. The van der Waals surface area contributed by atoms with E-state index in [1.54, 1.807) is 46.7 Å². The Labute approximate surface area is 180 Å². The highest BCUT2D eigenvalue weighted by molar-refractivity contribution is 7.18. The van der Waals surface area contributed by atoms with Crippen molar-refractivity contribution >= 4 is 44.6 Å². The van der Waals surface area contributed by atoms with Crippen molar-refractivity contribution in [1.82, 2.24) is 29.5 Å². The molecule has 0 bridgehead atoms. The Morgan fingerprint density at radius 1 is 1.27 bits per heavy atom. The third-order valence-electron chi connectivity index (χ3n) is 5.44. The zero-order chi connectivity index (χ0) is 20.2. The molecule has 0 spiro atoms. The fourth-order valence-corrected chi connectivity index (χ4v) is 5.27. The summed E-state index contributed by atoms with van der Waals surface area (Å²) in [6, 6.07) is 11.2. The van der Waals surface area contributed by atoms with Crippen LogP contribution in [0.2, 0.25) is 5.02 Å². The Bertz CT molecular complexity index is 1390. The van der Waals surface area contributed by atoms with Crippen LogP contribution in [-0.2, 0) is 6.42 Å². The van der Waals surface area contributed by atoms with Gasteiger partial charge >= 0.3 is 0 Å². The van der Waals surface area contributed by atoms with E-state index in [4.69, 9.17) is 16.6 Å². The number of aromatic nitrogens is 5. The van der Waals surface area contributed by atoms with Gasteiger partial charge in [-0.15, -0.1) is 11.3 Å². The molecule has 0 aliphatic carbocycles. The number of benzene rings is 1. The summed E-state index contributed by atoms with van der Waals surface area (Å²) >= 11 is 7.77. The van der Waals surface area contributed by atoms with Crippen LogP contribution in [0.4, 0.5) is 0 Å². The Morgan fingerprint density at radius 3 is 3.07 bits per heavy atom. The predicted octanol–water partition coefficient (Wildman–Crippen LogP) is 4.11. The van der Waals surface area contributed by atoms with Crippen molar-refractivity contribution in [2.24, 2.45) is 0 Å². The van der Waals surface area contributed by atoms with Gasteiger partial charge in [0.25, 0.3) is 5.91 Å². The fourth-order valence-electron chi connectivity index (χ4n) is 4.03. The van der Waals surface area contributed by atoms with E-state index in [-0.39, 0.29) is 11.9 Å². The molecule has 7 nitrogen and oxygen atoms in total. The molecule has 1 aromatic carbocycles. The number of thiazole rings is 1. The summed E-state index contributed by atoms with van der Waals surface area (Å²) in [4.78, 5) is 28.1. The minimum Gasteiger partial charge on any atom is -0.348 e. The van der Waals surface area contributed by atoms with Crippen LogP contribution < -0.4 is 0 Å². The number of carbonyl (C=O) groups is 1. The van der Waals surface area contributed by atoms with Crippen LogP contribution in [0.25, 0.3) is 15.7 Å². The first-order valence-electron chi connectivity index (χ1n) is 9.50. The quantitative estimate of drug-likeness (QED) is 0.453. The maximum Gasteiger partial charge on any atom is 0.258 e. The molecule has 1 N–H and O–H groups in total. The number of nitrogens with zero attached hydrogens (tertiary/aromatic N) is 5. The van der Waals surface area contributed by atoms with Gasteiger partial charge in [-0.25, -0.2) is 14.5 Å². The van der Waals surface area contributed by atoms with Crippen molar-refractivity contribution in [3.63, 3.8) is 0 Å². The van der Waals surface area contributed by atoms with E-state index in [9.17, 15) is 4.79 Å². The highest BCUT2D eigenvalue weighted by atomic mass is 35.5. The summed E-state index contributed by atoms with van der Waals surface area (Å²) < 4.78 is 2.75. The van der Waals surface area contributed by atoms with Crippen molar-refractivity contribution in [3.05, 3.63) is 82.1 Å². The fraction of sp³-hybridized carbons (Fsp3) is 0.143. The van der Waals surface area contributed by atoms with Gasteiger partial charge in [-0.3, -0.25) is 4.79 Å². The molecule has 1 aliphatic rings. The summed E-state index contributed by atoms with van der Waals surface area (Å²) in [5, 5.41) is 5.74. The van der Waals surface area contributed by atoms with E-state index >= 15 is 0 Å². The van der Waals surface area contributed by atoms with E-state index < -0.39 is 0 Å². The Kier molecular flexibility index (Phi) is 3.90. The minimum atomic E-state index is -0.348. The van der Waals surface area contributed by atoms with E-state index in [1.165, 1.54) is 0 Å². The van der Waals surface area contributed by atoms with Gasteiger partial charge < -0.3 is 9.88 Å². The van der Waals surface area contributed by atoms with Gasteiger partial charge in [-0.2, -0.15) is 5.10 Å². The molecule has 1 aliphatic heterocycles. The standard InChI is InChI=1S/C21H15ClN6OS/c22-12-5-8-28-16(9-12)13(10-25-28)21(29)27-7-6-15-18(24-11-23-15)19(27)20-26-14-3-1-2-4-17(14)30-20/h1-5,8-11,19H,6-7H2,(H,23,24)/t19-/m0/s1. The highest BCUT2D eigenvalue weighted by Gasteiger charge is 2.37. The molecule has 0 saturated carbocycles. The molecule has 0 fully saturated rings. The Balaban J connectivity index is 1.49. The van der Waals surface area contributed by atoms with Gasteiger partial charge in [-0.1, -0.05) is 23.7 Å². The number of halogens is 1. The third-order valence-corrected chi connectivity index (χ3v) is 6.77. The summed E-state index contributed by atoms with van der Waals surface area (Å²) in [5.41, 5.74) is 4.02. The van der Waals surface area contributed by atoms with E-state index in [0.717, 1.165) is 26.6 Å². The predicted molar refractivity (Wildman–Crippen MR) is 115 cm³/mol. The SMILES string of the molecule is O=C(c1cnn2ccc(Cl)cc12)N1CCc2[nH]cnc2[C@H]1c1nc2ccccc2s1. The molecule has 30 heavy (non-hydrogen) atoms. The second kappa shape index (κ2) is 6.65. The largest absolute Gasteiger partial charge is 0.348 e. The van der Waals surface area contributed by atoms with Crippen LogP contribution in [0.15, 0.2) is 55.1 Å². The topological polar surface area (TPSA) is 79.2 Å². The van der Waals surface area contributed by atoms with Crippen molar-refractivity contribution < 1.29 is 4.79 Å². The van der Waals surface area contributed by atoms with Crippen LogP contribution in [0.1, 0.15) is 32.8 Å². The van der Waals surface area contributed by atoms with Crippen LogP contribution in [0, 0.1) is 0 Å². The van der Waals surface area contributed by atoms with Crippen molar-refractivity contribution in [2.75, 3.05) is 6.54 Å². The molecule has 0 radical (unpaired) electrons. The average Bonchev–Trinajstić information content (AvgIpc) is 3.49. The smallest absolute Gasteiger partial charge is 0.258 e. The second-order valence-corrected chi connectivity index (χ2v) is 8.67. The number of H-pyrrole nitrogens is 1. The molecule has 1 atom stereocenters. The van der Waals surface area contributed by atoms with Gasteiger partial charge in [0.1, 0.15) is 11.0 Å². The van der Waals surface area contributed by atoms with Crippen LogP contribution in [-0.4, -0.2) is 41.9 Å². The molecule has 5 aromatic rings. The zero-order valence-corrected chi connectivity index (χ0v) is 17.2. The number of hydrogen-bond donors (Lipinski definition) is 1. The molecule has 1 amide bonds. The maximum absolute atomic E-state index is 13.7. The Morgan fingerprint density at radius 2 is 2.17 bits per heavy atom. The Hall–Kier alpha value is -3.23. The lowest BCUT2D eigenvalue weighted by Crippen LogP contribution is -2.40. The van der Waals surface area contributed by atoms with Crippen LogP contribution in [0.5, 0.6) is 0 Å². The summed E-state index contributed by atoms with van der Waals surface area (Å²) in [6.07, 6.45) is 5.75. The summed E-state index contributed by atoms with van der Waals surface area (Å²) in [5.74, 6) is -0.106. The molecule has 5 heterocycles. The van der Waals surface area contributed by atoms with Crippen molar-refractivity contribution in [1.29, 1.82) is 0 Å². The maximum atomic E-state index is 13.7. The lowest BCUT2D eigenvalue weighted by Gasteiger charge is -2.33. The molecular weight excluding hydrogens is 420 g/mol. The monoisotopic (exact) mass is 434 g/mol. The lowest BCUT2D eigenvalue weighted by molar-refractivity contribution is 0.0692. The van der Waals surface area contributed by atoms with E-state index in [1.807, 2.05) is 29.2 Å². The van der Waals surface area contributed by atoms with Gasteiger partial charge in [0, 0.05) is 29.9 Å². The first-order valence-corrected chi connectivity index (χ1v) is 10.7. The normalized spacial score (nSPS) is 16.3. The minimum absolute atomic E-state index is 0.106. The molecule has 0 unspecified atom stereocenters. The van der Waals surface area contributed by atoms with Gasteiger partial charge in [-0.05, 0) is 24.3 Å². The van der Waals surface area contributed by atoms with Crippen LogP contribution >= 0.6 is 22.9 Å². The van der Waals surface area contributed by atoms with Crippen LogP contribution in [0.3, 0.4) is 0 Å². The second-order valence-electron chi connectivity index (χ2n) is 7.17. The first-order chi connectivity index (χ1) is 14.7. The van der Waals surface area contributed by atoms with Crippen molar-refractivity contribution in [2.45, 2.75) is 12.5 Å². The van der Waals surface area contributed by atoms with E-state index in [2.05, 4.69) is 15.1 Å². The first kappa shape index (κ1) is 17.6. The van der Waals surface area contributed by atoms with Crippen molar-refractivity contribution in [3.8, 4) is 0 Å².